The molecule has 8 heteroatoms. The van der Waals surface area contributed by atoms with Crippen LogP contribution in [0, 0.1) is 0 Å². The summed E-state index contributed by atoms with van der Waals surface area (Å²) in [5.41, 5.74) is 1.22. The molecule has 0 aliphatic rings. The minimum Gasteiger partial charge on any atom is -0.478 e. The fourth-order valence-corrected chi connectivity index (χ4v) is 2.73. The monoisotopic (exact) mass is 354 g/mol. The van der Waals surface area contributed by atoms with Crippen molar-refractivity contribution in [1.82, 2.24) is 15.2 Å². The van der Waals surface area contributed by atoms with E-state index in [2.05, 4.69) is 20.5 Å². The number of carbonyl (C=O) groups excluding carboxylic acids is 1. The van der Waals surface area contributed by atoms with Crippen molar-refractivity contribution in [3.63, 3.8) is 0 Å². The Morgan fingerprint density at radius 2 is 1.80 bits per heavy atom. The number of aromatic carboxylic acids is 1. The Bertz CT molecular complexity index is 896. The molecule has 3 aromatic rings. The van der Waals surface area contributed by atoms with Crippen molar-refractivity contribution in [2.24, 2.45) is 0 Å². The van der Waals surface area contributed by atoms with Gasteiger partial charge in [0, 0.05) is 5.56 Å². The Kier molecular flexibility index (Phi) is 5.10. The first-order valence-corrected chi connectivity index (χ1v) is 8.35. The number of carbonyl (C=O) groups is 2. The first kappa shape index (κ1) is 16.7. The number of aromatic nitrogens is 3. The Morgan fingerprint density at radius 1 is 1.08 bits per heavy atom. The van der Waals surface area contributed by atoms with E-state index in [0.717, 1.165) is 17.3 Å². The van der Waals surface area contributed by atoms with Crippen LogP contribution in [-0.4, -0.2) is 37.9 Å². The second-order valence-electron chi connectivity index (χ2n) is 5.02. The zero-order valence-electron chi connectivity index (χ0n) is 13.0. The zero-order chi connectivity index (χ0) is 17.6. The summed E-state index contributed by atoms with van der Waals surface area (Å²) >= 11 is 1.16. The van der Waals surface area contributed by atoms with E-state index in [1.165, 1.54) is 6.07 Å². The minimum absolute atomic E-state index is 0.0464. The van der Waals surface area contributed by atoms with Crippen molar-refractivity contribution in [3.05, 3.63) is 60.2 Å². The van der Waals surface area contributed by atoms with Gasteiger partial charge in [0.1, 0.15) is 0 Å². The highest BCUT2D eigenvalue weighted by Crippen LogP contribution is 2.20. The molecule has 1 heterocycles. The first-order valence-electron chi connectivity index (χ1n) is 7.36. The third-order valence-corrected chi connectivity index (χ3v) is 4.12. The lowest BCUT2D eigenvalue weighted by Gasteiger charge is -2.07. The van der Waals surface area contributed by atoms with Crippen LogP contribution in [0.15, 0.2) is 59.8 Å². The third kappa shape index (κ3) is 4.24. The number of H-pyrrole nitrogens is 1. The van der Waals surface area contributed by atoms with Crippen LogP contribution >= 0.6 is 11.8 Å². The highest BCUT2D eigenvalue weighted by molar-refractivity contribution is 7.99. The van der Waals surface area contributed by atoms with E-state index in [-0.39, 0.29) is 22.9 Å². The molecule has 2 aromatic carbocycles. The van der Waals surface area contributed by atoms with Crippen molar-refractivity contribution >= 4 is 29.3 Å². The highest BCUT2D eigenvalue weighted by atomic mass is 32.2. The number of para-hydroxylation sites is 1. The maximum absolute atomic E-state index is 12.0. The second-order valence-corrected chi connectivity index (χ2v) is 5.96. The smallest absolute Gasteiger partial charge is 0.337 e. The SMILES string of the molecule is O=C(CSc1n[nH]c(-c2ccccc2)n1)Nc1ccccc1C(=O)O. The minimum atomic E-state index is -1.09. The Hall–Kier alpha value is -3.13. The molecule has 7 nitrogen and oxygen atoms in total. The molecule has 0 saturated heterocycles. The lowest BCUT2D eigenvalue weighted by Crippen LogP contribution is -2.16. The van der Waals surface area contributed by atoms with Gasteiger partial charge in [0.25, 0.3) is 0 Å². The summed E-state index contributed by atoms with van der Waals surface area (Å²) in [5, 5.41) is 19.1. The van der Waals surface area contributed by atoms with Gasteiger partial charge in [0.05, 0.1) is 17.0 Å². The summed E-state index contributed by atoms with van der Waals surface area (Å²) in [5.74, 6) is -0.727. The quantitative estimate of drug-likeness (QED) is 0.588. The summed E-state index contributed by atoms with van der Waals surface area (Å²) < 4.78 is 0. The number of carboxylic acid groups (broad SMARTS) is 1. The lowest BCUT2D eigenvalue weighted by atomic mass is 10.2. The number of hydrogen-bond acceptors (Lipinski definition) is 5. The zero-order valence-corrected chi connectivity index (χ0v) is 13.8. The number of anilines is 1. The van der Waals surface area contributed by atoms with Crippen molar-refractivity contribution in [2.45, 2.75) is 5.16 Å². The third-order valence-electron chi connectivity index (χ3n) is 3.28. The number of thioether (sulfide) groups is 1. The molecular formula is C17H14N4O3S. The Morgan fingerprint density at radius 3 is 2.56 bits per heavy atom. The molecule has 0 bridgehead atoms. The van der Waals surface area contributed by atoms with Gasteiger partial charge in [-0.25, -0.2) is 9.78 Å². The molecule has 0 radical (unpaired) electrons. The van der Waals surface area contributed by atoms with Crippen LogP contribution < -0.4 is 5.32 Å². The summed E-state index contributed by atoms with van der Waals surface area (Å²) in [6.07, 6.45) is 0. The number of aromatic amines is 1. The number of amides is 1. The van der Waals surface area contributed by atoms with Gasteiger partial charge in [-0.3, -0.25) is 9.89 Å². The molecule has 0 atom stereocenters. The fourth-order valence-electron chi connectivity index (χ4n) is 2.13. The number of carboxylic acids is 1. The molecule has 0 unspecified atom stereocenters. The van der Waals surface area contributed by atoms with E-state index in [4.69, 9.17) is 5.11 Å². The fraction of sp³-hybridized carbons (Fsp3) is 0.0588. The molecule has 25 heavy (non-hydrogen) atoms. The highest BCUT2D eigenvalue weighted by Gasteiger charge is 2.13. The van der Waals surface area contributed by atoms with Crippen LogP contribution in [0.25, 0.3) is 11.4 Å². The lowest BCUT2D eigenvalue weighted by molar-refractivity contribution is -0.113. The molecule has 0 aliphatic heterocycles. The van der Waals surface area contributed by atoms with Crippen molar-refractivity contribution in [3.8, 4) is 11.4 Å². The van der Waals surface area contributed by atoms with E-state index in [1.807, 2.05) is 30.3 Å². The Balaban J connectivity index is 1.60. The van der Waals surface area contributed by atoms with Crippen molar-refractivity contribution in [2.75, 3.05) is 11.1 Å². The van der Waals surface area contributed by atoms with Crippen LogP contribution in [0.1, 0.15) is 10.4 Å². The second kappa shape index (κ2) is 7.63. The van der Waals surface area contributed by atoms with Crippen LogP contribution in [0.2, 0.25) is 0 Å². The van der Waals surface area contributed by atoms with Crippen molar-refractivity contribution < 1.29 is 14.7 Å². The van der Waals surface area contributed by atoms with E-state index in [9.17, 15) is 9.59 Å². The molecule has 0 aliphatic carbocycles. The molecule has 1 amide bonds. The topological polar surface area (TPSA) is 108 Å². The molecule has 0 spiro atoms. The molecule has 3 N–H and O–H groups in total. The van der Waals surface area contributed by atoms with E-state index in [1.54, 1.807) is 18.2 Å². The summed E-state index contributed by atoms with van der Waals surface area (Å²) in [4.78, 5) is 27.5. The van der Waals surface area contributed by atoms with Crippen molar-refractivity contribution in [1.29, 1.82) is 0 Å². The first-order chi connectivity index (χ1) is 12.1. The van der Waals surface area contributed by atoms with E-state index >= 15 is 0 Å². The van der Waals surface area contributed by atoms with Gasteiger partial charge < -0.3 is 10.4 Å². The maximum Gasteiger partial charge on any atom is 0.337 e. The van der Waals surface area contributed by atoms with Gasteiger partial charge in [0.15, 0.2) is 5.82 Å². The number of nitrogens with zero attached hydrogens (tertiary/aromatic N) is 2. The summed E-state index contributed by atoms with van der Waals surface area (Å²) in [6.45, 7) is 0. The number of nitrogens with one attached hydrogen (secondary N) is 2. The largest absolute Gasteiger partial charge is 0.478 e. The molecule has 1 aromatic heterocycles. The average Bonchev–Trinajstić information content (AvgIpc) is 3.10. The number of benzene rings is 2. The molecule has 3 rings (SSSR count). The van der Waals surface area contributed by atoms with Gasteiger partial charge in [-0.05, 0) is 12.1 Å². The van der Waals surface area contributed by atoms with Gasteiger partial charge in [-0.2, -0.15) is 0 Å². The molecule has 0 fully saturated rings. The average molecular weight is 354 g/mol. The predicted octanol–water partition coefficient (Wildman–Crippen LogP) is 2.90. The van der Waals surface area contributed by atoms with Crippen LogP contribution in [-0.2, 0) is 4.79 Å². The summed E-state index contributed by atoms with van der Waals surface area (Å²) in [6, 6.07) is 15.8. The van der Waals surface area contributed by atoms with Gasteiger partial charge in [-0.15, -0.1) is 5.10 Å². The predicted molar refractivity (Wildman–Crippen MR) is 94.6 cm³/mol. The normalized spacial score (nSPS) is 10.4. The molecule has 0 saturated carbocycles. The van der Waals surface area contributed by atoms with Gasteiger partial charge in [-0.1, -0.05) is 54.2 Å². The molecule has 126 valence electrons. The number of hydrogen-bond donors (Lipinski definition) is 3. The van der Waals surface area contributed by atoms with E-state index in [0.29, 0.717) is 11.0 Å². The van der Waals surface area contributed by atoms with Crippen LogP contribution in [0.4, 0.5) is 5.69 Å². The van der Waals surface area contributed by atoms with Crippen LogP contribution in [0.3, 0.4) is 0 Å². The standard InChI is InChI=1S/C17H14N4O3S/c22-14(18-13-9-5-4-8-12(13)16(23)24)10-25-17-19-15(20-21-17)11-6-2-1-3-7-11/h1-9H,10H2,(H,18,22)(H,23,24)(H,19,20,21). The maximum atomic E-state index is 12.0. The molecular weight excluding hydrogens is 340 g/mol. The van der Waals surface area contributed by atoms with Gasteiger partial charge in [0.2, 0.25) is 11.1 Å². The van der Waals surface area contributed by atoms with E-state index < -0.39 is 5.97 Å². The van der Waals surface area contributed by atoms with Crippen LogP contribution in [0.5, 0.6) is 0 Å². The Labute approximate surface area is 147 Å². The summed E-state index contributed by atoms with van der Waals surface area (Å²) in [7, 11) is 0. The van der Waals surface area contributed by atoms with Gasteiger partial charge >= 0.3 is 5.97 Å². The number of rotatable bonds is 6.